The molecule has 2 aliphatic rings. The largest absolute Gasteiger partial charge is 0.484 e. The van der Waals surface area contributed by atoms with Crippen LogP contribution in [0.15, 0.2) is 29.8 Å². The fourth-order valence-electron chi connectivity index (χ4n) is 3.37. The van der Waals surface area contributed by atoms with Crippen LogP contribution in [0.2, 0.25) is 0 Å². The Labute approximate surface area is 149 Å². The summed E-state index contributed by atoms with van der Waals surface area (Å²) >= 11 is 0. The van der Waals surface area contributed by atoms with E-state index in [1.54, 1.807) is 4.90 Å². The molecule has 5 nitrogen and oxygen atoms in total. The summed E-state index contributed by atoms with van der Waals surface area (Å²) in [6.07, 6.45) is 5.85. The van der Waals surface area contributed by atoms with Gasteiger partial charge in [0.25, 0.3) is 5.91 Å². The molecule has 0 aromatic heterocycles. The minimum atomic E-state index is -0.0226. The van der Waals surface area contributed by atoms with Crippen LogP contribution < -0.4 is 10.1 Å². The first kappa shape index (κ1) is 17.5. The van der Waals surface area contributed by atoms with Gasteiger partial charge in [0, 0.05) is 18.7 Å². The highest BCUT2D eigenvalue weighted by Gasteiger charge is 2.32. The number of aryl methyl sites for hydroxylation is 2. The van der Waals surface area contributed by atoms with Crippen molar-refractivity contribution in [2.45, 2.75) is 45.6 Å². The average molecular weight is 342 g/mol. The van der Waals surface area contributed by atoms with Gasteiger partial charge < -0.3 is 15.0 Å². The van der Waals surface area contributed by atoms with Crippen molar-refractivity contribution in [2.24, 2.45) is 0 Å². The average Bonchev–Trinajstić information content (AvgIpc) is 3.07. The number of nitrogens with zero attached hydrogens (tertiary/aromatic N) is 1. The third kappa shape index (κ3) is 4.21. The van der Waals surface area contributed by atoms with E-state index in [0.29, 0.717) is 6.54 Å². The molecule has 1 fully saturated rings. The van der Waals surface area contributed by atoms with E-state index in [1.165, 1.54) is 5.56 Å². The number of nitrogens with one attached hydrogen (secondary N) is 1. The van der Waals surface area contributed by atoms with Crippen molar-refractivity contribution in [2.75, 3.05) is 19.7 Å². The van der Waals surface area contributed by atoms with Crippen molar-refractivity contribution in [1.29, 1.82) is 0 Å². The molecule has 3 rings (SSSR count). The standard InChI is InChI=1S/C20H26N2O3/c1-14-7-8-18(15(2)11-14)25-13-19(23)22-10-9-17(22)12-21-20(24)16-5-3-4-6-16/h5,7-8,11,17H,3-4,6,9-10,12-13H2,1-2H3,(H,21,24). The first-order valence-corrected chi connectivity index (χ1v) is 9.01. The van der Waals surface area contributed by atoms with Gasteiger partial charge in [-0.3, -0.25) is 9.59 Å². The van der Waals surface area contributed by atoms with Gasteiger partial charge >= 0.3 is 0 Å². The van der Waals surface area contributed by atoms with Crippen molar-refractivity contribution in [1.82, 2.24) is 10.2 Å². The number of rotatable bonds is 6. The number of likely N-dealkylation sites (tertiary alicyclic amines) is 1. The quantitative estimate of drug-likeness (QED) is 0.864. The number of benzene rings is 1. The molecule has 5 heteroatoms. The highest BCUT2D eigenvalue weighted by atomic mass is 16.5. The first-order valence-electron chi connectivity index (χ1n) is 9.01. The topological polar surface area (TPSA) is 58.6 Å². The van der Waals surface area contributed by atoms with E-state index >= 15 is 0 Å². The first-order chi connectivity index (χ1) is 12.0. The van der Waals surface area contributed by atoms with Gasteiger partial charge in [-0.05, 0) is 51.2 Å². The molecule has 1 saturated heterocycles. The van der Waals surface area contributed by atoms with Crippen molar-refractivity contribution in [3.8, 4) is 5.75 Å². The summed E-state index contributed by atoms with van der Waals surface area (Å²) in [5, 5.41) is 2.96. The Morgan fingerprint density at radius 1 is 1.32 bits per heavy atom. The summed E-state index contributed by atoms with van der Waals surface area (Å²) in [5.74, 6) is 0.742. The third-order valence-electron chi connectivity index (χ3n) is 4.98. The maximum absolute atomic E-state index is 12.4. The van der Waals surface area contributed by atoms with Crippen LogP contribution >= 0.6 is 0 Å². The lowest BCUT2D eigenvalue weighted by atomic mass is 10.0. The second-order valence-corrected chi connectivity index (χ2v) is 6.92. The molecule has 1 atom stereocenters. The molecule has 1 aliphatic heterocycles. The Balaban J connectivity index is 1.45. The highest BCUT2D eigenvalue weighted by Crippen LogP contribution is 2.21. The lowest BCUT2D eigenvalue weighted by molar-refractivity contribution is -0.141. The molecular formula is C20H26N2O3. The Bertz CT molecular complexity index is 696. The minimum Gasteiger partial charge on any atom is -0.484 e. The van der Waals surface area contributed by atoms with Gasteiger partial charge in [0.1, 0.15) is 5.75 Å². The predicted molar refractivity (Wildman–Crippen MR) is 96.5 cm³/mol. The molecule has 1 unspecified atom stereocenters. The number of amides is 2. The van der Waals surface area contributed by atoms with Gasteiger partial charge in [0.15, 0.2) is 6.61 Å². The fraction of sp³-hybridized carbons (Fsp3) is 0.500. The molecule has 0 spiro atoms. The molecule has 134 valence electrons. The number of allylic oxidation sites excluding steroid dienone is 1. The van der Waals surface area contributed by atoms with Crippen molar-refractivity contribution >= 4 is 11.8 Å². The molecule has 0 radical (unpaired) electrons. The molecule has 1 aromatic rings. The van der Waals surface area contributed by atoms with Crippen LogP contribution in [0.4, 0.5) is 0 Å². The molecule has 0 bridgehead atoms. The van der Waals surface area contributed by atoms with E-state index in [4.69, 9.17) is 4.74 Å². The van der Waals surface area contributed by atoms with Gasteiger partial charge in [-0.25, -0.2) is 0 Å². The summed E-state index contributed by atoms with van der Waals surface area (Å²) in [5.41, 5.74) is 3.09. The van der Waals surface area contributed by atoms with Crippen LogP contribution in [-0.2, 0) is 9.59 Å². The molecule has 2 amide bonds. The lowest BCUT2D eigenvalue weighted by Gasteiger charge is -2.41. The molecule has 1 aromatic carbocycles. The van der Waals surface area contributed by atoms with Crippen LogP contribution in [0.25, 0.3) is 0 Å². The van der Waals surface area contributed by atoms with Crippen molar-refractivity contribution < 1.29 is 14.3 Å². The fourth-order valence-corrected chi connectivity index (χ4v) is 3.37. The zero-order chi connectivity index (χ0) is 17.8. The SMILES string of the molecule is Cc1ccc(OCC(=O)N2CCC2CNC(=O)C2=CCCC2)c(C)c1. The summed E-state index contributed by atoms with van der Waals surface area (Å²) in [6.45, 7) is 5.30. The third-order valence-corrected chi connectivity index (χ3v) is 4.98. The van der Waals surface area contributed by atoms with Crippen molar-refractivity contribution in [3.63, 3.8) is 0 Å². The van der Waals surface area contributed by atoms with E-state index in [2.05, 4.69) is 5.32 Å². The number of hydrogen-bond donors (Lipinski definition) is 1. The second-order valence-electron chi connectivity index (χ2n) is 6.92. The number of hydrogen-bond acceptors (Lipinski definition) is 3. The smallest absolute Gasteiger partial charge is 0.260 e. The van der Waals surface area contributed by atoms with Gasteiger partial charge in [0.05, 0.1) is 6.04 Å². The zero-order valence-electron chi connectivity index (χ0n) is 15.0. The summed E-state index contributed by atoms with van der Waals surface area (Å²) in [6, 6.07) is 6.01. The molecule has 1 heterocycles. The second kappa shape index (κ2) is 7.72. The Morgan fingerprint density at radius 3 is 2.80 bits per heavy atom. The maximum Gasteiger partial charge on any atom is 0.260 e. The highest BCUT2D eigenvalue weighted by molar-refractivity contribution is 5.93. The normalized spacial score (nSPS) is 19.2. The van der Waals surface area contributed by atoms with E-state index < -0.39 is 0 Å². The summed E-state index contributed by atoms with van der Waals surface area (Å²) < 4.78 is 5.68. The summed E-state index contributed by atoms with van der Waals surface area (Å²) in [7, 11) is 0. The van der Waals surface area contributed by atoms with Crippen LogP contribution in [0.1, 0.15) is 36.8 Å². The molecule has 25 heavy (non-hydrogen) atoms. The van der Waals surface area contributed by atoms with Crippen LogP contribution in [0.5, 0.6) is 5.75 Å². The number of ether oxygens (including phenoxy) is 1. The van der Waals surface area contributed by atoms with Gasteiger partial charge in [-0.15, -0.1) is 0 Å². The lowest BCUT2D eigenvalue weighted by Crippen LogP contribution is -2.57. The summed E-state index contributed by atoms with van der Waals surface area (Å²) in [4.78, 5) is 26.2. The molecular weight excluding hydrogens is 316 g/mol. The van der Waals surface area contributed by atoms with E-state index in [0.717, 1.165) is 49.1 Å². The Morgan fingerprint density at radius 2 is 2.16 bits per heavy atom. The van der Waals surface area contributed by atoms with E-state index in [1.807, 2.05) is 38.1 Å². The Kier molecular flexibility index (Phi) is 5.41. The van der Waals surface area contributed by atoms with E-state index in [9.17, 15) is 9.59 Å². The Hall–Kier alpha value is -2.30. The monoisotopic (exact) mass is 342 g/mol. The van der Waals surface area contributed by atoms with Crippen LogP contribution in [0, 0.1) is 13.8 Å². The minimum absolute atomic E-state index is 0.0170. The number of carbonyl (C=O) groups excluding carboxylic acids is 2. The molecule has 0 saturated carbocycles. The number of carbonyl (C=O) groups is 2. The van der Waals surface area contributed by atoms with Gasteiger partial charge in [-0.2, -0.15) is 0 Å². The predicted octanol–water partition coefficient (Wildman–Crippen LogP) is 2.51. The van der Waals surface area contributed by atoms with Crippen molar-refractivity contribution in [3.05, 3.63) is 41.0 Å². The van der Waals surface area contributed by atoms with Crippen LogP contribution in [-0.4, -0.2) is 42.5 Å². The van der Waals surface area contributed by atoms with E-state index in [-0.39, 0.29) is 24.5 Å². The van der Waals surface area contributed by atoms with Gasteiger partial charge in [-0.1, -0.05) is 23.8 Å². The molecule has 1 N–H and O–H groups in total. The zero-order valence-corrected chi connectivity index (χ0v) is 15.0. The van der Waals surface area contributed by atoms with Crippen LogP contribution in [0.3, 0.4) is 0 Å². The maximum atomic E-state index is 12.4. The van der Waals surface area contributed by atoms with Gasteiger partial charge in [0.2, 0.25) is 5.91 Å². The molecule has 1 aliphatic carbocycles.